The lowest BCUT2D eigenvalue weighted by molar-refractivity contribution is 0.207. The lowest BCUT2D eigenvalue weighted by Gasteiger charge is -2.27. The summed E-state index contributed by atoms with van der Waals surface area (Å²) in [6.45, 7) is 14.9. The zero-order valence-electron chi connectivity index (χ0n) is 35.7. The fraction of sp³-hybridized carbons (Fsp3) is 0.818. The van der Waals surface area contributed by atoms with Gasteiger partial charge in [-0.3, -0.25) is 0 Å². The summed E-state index contributed by atoms with van der Waals surface area (Å²) in [7, 11) is 0. The fourth-order valence-corrected chi connectivity index (χ4v) is 7.13. The first-order chi connectivity index (χ1) is 28.5. The number of hydrogen-bond donors (Lipinski definition) is 0. The first-order valence-corrected chi connectivity index (χ1v) is 21.8. The third-order valence-corrected chi connectivity index (χ3v) is 10.3. The molecule has 0 aromatic heterocycles. The van der Waals surface area contributed by atoms with Crippen LogP contribution in [0, 0.1) is 90.6 Å². The van der Waals surface area contributed by atoms with Crippen molar-refractivity contribution in [1.82, 2.24) is 29.4 Å². The lowest BCUT2D eigenvalue weighted by atomic mass is 10.1. The standard InChI is InChI=1S/C44H72N14/c45-19-7-29-55(30-8-20-46)41-15-37-53(38-16-42-56(31-9-21-47)32-10-22-48)27-5-3-1-2-4-6-28-54(39-17-43-57(33-11-23-49)34-12-24-50)40-18-44-58(35-13-25-51)36-14-26-52/h1-18,27-44H2. The van der Waals surface area contributed by atoms with Crippen molar-refractivity contribution in [2.45, 2.75) is 116 Å². The smallest absolute Gasteiger partial charge is 0.0635 e. The second kappa shape index (κ2) is 42.3. The van der Waals surface area contributed by atoms with E-state index in [4.69, 9.17) is 42.1 Å². The molecule has 0 heterocycles. The SMILES string of the molecule is N#CCCN(CCC#N)CCCN(CCCCCCCCN(CCCN(CCC#N)CCC#N)CCCN(CCC#N)CCC#N)CCCN(CCC#N)CCC#N. The number of nitrogens with zero attached hydrogens (tertiary/aromatic N) is 14. The van der Waals surface area contributed by atoms with Gasteiger partial charge in [0.15, 0.2) is 0 Å². The van der Waals surface area contributed by atoms with Crippen LogP contribution in [0.25, 0.3) is 0 Å². The van der Waals surface area contributed by atoms with E-state index < -0.39 is 0 Å². The minimum Gasteiger partial charge on any atom is -0.303 e. The van der Waals surface area contributed by atoms with Gasteiger partial charge in [0.1, 0.15) is 0 Å². The average molecular weight is 797 g/mol. The van der Waals surface area contributed by atoms with Gasteiger partial charge >= 0.3 is 0 Å². The molecule has 0 aromatic carbocycles. The first kappa shape index (κ1) is 53.7. The highest BCUT2D eigenvalue weighted by Gasteiger charge is 2.13. The summed E-state index contributed by atoms with van der Waals surface area (Å²) in [6, 6.07) is 17.8. The molecule has 0 aliphatic heterocycles. The molecule has 0 spiro atoms. The van der Waals surface area contributed by atoms with Crippen LogP contribution in [0.3, 0.4) is 0 Å². The van der Waals surface area contributed by atoms with Crippen LogP contribution < -0.4 is 0 Å². The van der Waals surface area contributed by atoms with Crippen molar-refractivity contribution in [3.63, 3.8) is 0 Å². The van der Waals surface area contributed by atoms with Gasteiger partial charge < -0.3 is 29.4 Å². The number of rotatable bonds is 41. The van der Waals surface area contributed by atoms with Gasteiger partial charge in [0, 0.05) is 104 Å². The molecule has 58 heavy (non-hydrogen) atoms. The van der Waals surface area contributed by atoms with Crippen molar-refractivity contribution in [1.29, 1.82) is 42.1 Å². The topological polar surface area (TPSA) is 210 Å². The molecule has 0 aliphatic rings. The van der Waals surface area contributed by atoms with Crippen molar-refractivity contribution in [2.75, 3.05) is 118 Å². The van der Waals surface area contributed by atoms with Crippen LogP contribution in [0.15, 0.2) is 0 Å². The maximum absolute atomic E-state index is 9.08. The second-order valence-electron chi connectivity index (χ2n) is 14.9. The van der Waals surface area contributed by atoms with E-state index in [-0.39, 0.29) is 0 Å². The Labute approximate surface area is 352 Å². The van der Waals surface area contributed by atoms with E-state index >= 15 is 0 Å². The lowest BCUT2D eigenvalue weighted by Crippen LogP contribution is -2.34. The Morgan fingerprint density at radius 1 is 0.172 bits per heavy atom. The van der Waals surface area contributed by atoms with Crippen molar-refractivity contribution in [3.05, 3.63) is 0 Å². The predicted molar refractivity (Wildman–Crippen MR) is 227 cm³/mol. The minimum atomic E-state index is 0.467. The largest absolute Gasteiger partial charge is 0.303 e. The summed E-state index contributed by atoms with van der Waals surface area (Å²) in [5.41, 5.74) is 0. The molecule has 0 atom stereocenters. The molecule has 0 rings (SSSR count). The fourth-order valence-electron chi connectivity index (χ4n) is 7.13. The van der Waals surface area contributed by atoms with Gasteiger partial charge in [-0.25, -0.2) is 0 Å². The maximum Gasteiger partial charge on any atom is 0.0635 e. The maximum atomic E-state index is 9.08. The van der Waals surface area contributed by atoms with Gasteiger partial charge in [0.05, 0.1) is 48.6 Å². The van der Waals surface area contributed by atoms with Crippen molar-refractivity contribution in [3.8, 4) is 48.6 Å². The highest BCUT2D eigenvalue weighted by Crippen LogP contribution is 2.11. The van der Waals surface area contributed by atoms with Crippen LogP contribution in [0.1, 0.15) is 116 Å². The van der Waals surface area contributed by atoms with Gasteiger partial charge in [0.25, 0.3) is 0 Å². The van der Waals surface area contributed by atoms with Crippen LogP contribution >= 0.6 is 0 Å². The third kappa shape index (κ3) is 33.8. The summed E-state index contributed by atoms with van der Waals surface area (Å²) < 4.78 is 0. The zero-order valence-corrected chi connectivity index (χ0v) is 35.7. The molecule has 0 radical (unpaired) electrons. The quantitative estimate of drug-likeness (QED) is 0.0649. The Kier molecular flexibility index (Phi) is 39.1. The van der Waals surface area contributed by atoms with E-state index in [1.165, 1.54) is 25.7 Å². The molecule has 14 heteroatoms. The molecule has 14 nitrogen and oxygen atoms in total. The van der Waals surface area contributed by atoms with Crippen LogP contribution in [-0.4, -0.2) is 147 Å². The predicted octanol–water partition coefficient (Wildman–Crippen LogP) is 6.01. The average Bonchev–Trinajstić information content (AvgIpc) is 3.24. The van der Waals surface area contributed by atoms with Gasteiger partial charge in [-0.1, -0.05) is 25.7 Å². The Morgan fingerprint density at radius 3 is 0.483 bits per heavy atom. The van der Waals surface area contributed by atoms with Crippen molar-refractivity contribution >= 4 is 0 Å². The highest BCUT2D eigenvalue weighted by molar-refractivity contribution is 4.80. The second-order valence-corrected chi connectivity index (χ2v) is 14.9. The monoisotopic (exact) mass is 797 g/mol. The van der Waals surface area contributed by atoms with Gasteiger partial charge in [0.2, 0.25) is 0 Å². The van der Waals surface area contributed by atoms with Crippen LogP contribution in [-0.2, 0) is 0 Å². The Morgan fingerprint density at radius 2 is 0.310 bits per heavy atom. The van der Waals surface area contributed by atoms with Crippen molar-refractivity contribution < 1.29 is 0 Å². The Hall–Kier alpha value is -4.32. The van der Waals surface area contributed by atoms with Crippen LogP contribution in [0.4, 0.5) is 0 Å². The molecule has 0 N–H and O–H groups in total. The number of unbranched alkanes of at least 4 members (excludes halogenated alkanes) is 5. The van der Waals surface area contributed by atoms with E-state index in [0.29, 0.717) is 104 Å². The van der Waals surface area contributed by atoms with E-state index in [1.54, 1.807) is 0 Å². The molecule has 0 saturated carbocycles. The molecule has 0 aliphatic carbocycles. The van der Waals surface area contributed by atoms with Crippen LogP contribution in [0.5, 0.6) is 0 Å². The third-order valence-electron chi connectivity index (χ3n) is 10.3. The molecule has 0 bridgehead atoms. The molecule has 0 amide bonds. The van der Waals surface area contributed by atoms with E-state index in [1.807, 2.05) is 0 Å². The number of nitriles is 8. The molecule has 0 aromatic rings. The summed E-state index contributed by atoms with van der Waals surface area (Å²) in [4.78, 5) is 14.0. The molecular formula is C44H72N14. The molecule has 0 unspecified atom stereocenters. The highest BCUT2D eigenvalue weighted by atomic mass is 15.2. The summed E-state index contributed by atoms with van der Waals surface area (Å²) in [5, 5.41) is 72.6. The van der Waals surface area contributed by atoms with E-state index in [0.717, 1.165) is 104 Å². The molecule has 0 fully saturated rings. The summed E-state index contributed by atoms with van der Waals surface area (Å²) in [6.07, 6.45) is 14.7. The number of hydrogen-bond acceptors (Lipinski definition) is 14. The van der Waals surface area contributed by atoms with E-state index in [2.05, 4.69) is 78.0 Å². The van der Waals surface area contributed by atoms with Crippen LogP contribution in [0.2, 0.25) is 0 Å². The normalized spacial score (nSPS) is 10.9. The Balaban J connectivity index is 5.09. The zero-order chi connectivity index (χ0) is 42.6. The minimum absolute atomic E-state index is 0.467. The first-order valence-electron chi connectivity index (χ1n) is 21.8. The summed E-state index contributed by atoms with van der Waals surface area (Å²) in [5.74, 6) is 0. The van der Waals surface area contributed by atoms with Gasteiger partial charge in [-0.05, 0) is 104 Å². The van der Waals surface area contributed by atoms with Crippen molar-refractivity contribution in [2.24, 2.45) is 0 Å². The van der Waals surface area contributed by atoms with E-state index in [9.17, 15) is 0 Å². The summed E-state index contributed by atoms with van der Waals surface area (Å²) >= 11 is 0. The molecule has 318 valence electrons. The Bertz CT molecular complexity index is 1070. The molecule has 0 saturated heterocycles. The van der Waals surface area contributed by atoms with Gasteiger partial charge in [-0.15, -0.1) is 0 Å². The molecular weight excluding hydrogens is 725 g/mol. The van der Waals surface area contributed by atoms with Gasteiger partial charge in [-0.2, -0.15) is 42.1 Å².